The van der Waals surface area contributed by atoms with Gasteiger partial charge in [0.05, 0.1) is 0 Å². The van der Waals surface area contributed by atoms with Gasteiger partial charge in [-0.15, -0.1) is 0 Å². The van der Waals surface area contributed by atoms with Gasteiger partial charge in [0.1, 0.15) is 6.54 Å². The van der Waals surface area contributed by atoms with E-state index in [1.165, 1.54) is 0 Å². The summed E-state index contributed by atoms with van der Waals surface area (Å²) in [6.45, 7) is 5.53. The minimum Gasteiger partial charge on any atom is -0.480 e. The average molecular weight is 211 g/mol. The third-order valence-corrected chi connectivity index (χ3v) is 1.79. The highest BCUT2D eigenvalue weighted by molar-refractivity contribution is 5.72. The van der Waals surface area contributed by atoms with Gasteiger partial charge in [-0.3, -0.25) is 9.59 Å². The number of carbonyl (C=O) groups excluding carboxylic acids is 1. The van der Waals surface area contributed by atoms with Crippen molar-refractivity contribution in [1.82, 2.24) is 4.90 Å². The number of amides is 1. The van der Waals surface area contributed by atoms with E-state index >= 15 is 0 Å². The fourth-order valence-electron chi connectivity index (χ4n) is 1.04. The van der Waals surface area contributed by atoms with Crippen LogP contribution in [0.1, 0.15) is 20.8 Å². The van der Waals surface area contributed by atoms with Gasteiger partial charge in [0, 0.05) is 6.20 Å². The van der Waals surface area contributed by atoms with Gasteiger partial charge >= 0.3 is 5.97 Å². The number of carboxylic acid groups (broad SMARTS) is 1. The van der Waals surface area contributed by atoms with Crippen LogP contribution in [0.3, 0.4) is 0 Å². The highest BCUT2D eigenvalue weighted by Gasteiger charge is 2.06. The molecule has 0 radical (unpaired) electrons. The number of hydrogen-bond donors (Lipinski definition) is 1. The fraction of sp³-hybridized carbons (Fsp3) is 0.455. The SMILES string of the molecule is C/C=C\C(=C/N(C=O)CC(=O)O)C(C)C. The smallest absolute Gasteiger partial charge is 0.323 e. The molecule has 84 valence electrons. The molecule has 0 saturated carbocycles. The van der Waals surface area contributed by atoms with Crippen LogP contribution in [0.2, 0.25) is 0 Å². The second kappa shape index (κ2) is 6.81. The number of carbonyl (C=O) groups is 2. The summed E-state index contributed by atoms with van der Waals surface area (Å²) in [7, 11) is 0. The Morgan fingerprint density at radius 1 is 1.47 bits per heavy atom. The van der Waals surface area contributed by atoms with Crippen molar-refractivity contribution in [3.63, 3.8) is 0 Å². The molecule has 4 heteroatoms. The Morgan fingerprint density at radius 2 is 2.07 bits per heavy atom. The van der Waals surface area contributed by atoms with Crippen LogP contribution in [0.25, 0.3) is 0 Å². The van der Waals surface area contributed by atoms with Gasteiger partial charge in [0.15, 0.2) is 0 Å². The molecule has 0 aliphatic rings. The van der Waals surface area contributed by atoms with E-state index in [-0.39, 0.29) is 12.5 Å². The highest BCUT2D eigenvalue weighted by atomic mass is 16.4. The van der Waals surface area contributed by atoms with Crippen LogP contribution < -0.4 is 0 Å². The van der Waals surface area contributed by atoms with Crippen molar-refractivity contribution >= 4 is 12.4 Å². The quantitative estimate of drug-likeness (QED) is 0.536. The van der Waals surface area contributed by atoms with E-state index in [0.29, 0.717) is 6.41 Å². The van der Waals surface area contributed by atoms with Gasteiger partial charge in [-0.05, 0) is 18.4 Å². The Balaban J connectivity index is 4.74. The molecule has 0 unspecified atom stereocenters. The van der Waals surface area contributed by atoms with Crippen LogP contribution in [0.5, 0.6) is 0 Å². The topological polar surface area (TPSA) is 57.6 Å². The molecule has 0 saturated heterocycles. The maximum absolute atomic E-state index is 10.6. The van der Waals surface area contributed by atoms with Crippen LogP contribution in [-0.4, -0.2) is 28.9 Å². The number of carboxylic acids is 1. The van der Waals surface area contributed by atoms with Crippen LogP contribution in [0.15, 0.2) is 23.9 Å². The van der Waals surface area contributed by atoms with E-state index in [9.17, 15) is 9.59 Å². The Labute approximate surface area is 89.9 Å². The highest BCUT2D eigenvalue weighted by Crippen LogP contribution is 2.11. The third kappa shape index (κ3) is 5.67. The minimum atomic E-state index is -1.03. The first-order chi connectivity index (χ1) is 7.01. The average Bonchev–Trinajstić information content (AvgIpc) is 2.14. The first-order valence-electron chi connectivity index (χ1n) is 4.78. The molecule has 0 rings (SSSR count). The van der Waals surface area contributed by atoms with E-state index in [2.05, 4.69) is 0 Å². The molecular weight excluding hydrogens is 194 g/mol. The summed E-state index contributed by atoms with van der Waals surface area (Å²) in [4.78, 5) is 22.1. The molecule has 15 heavy (non-hydrogen) atoms. The van der Waals surface area contributed by atoms with Crippen LogP contribution >= 0.6 is 0 Å². The lowest BCUT2D eigenvalue weighted by molar-refractivity contribution is -0.139. The normalized spacial score (nSPS) is 12.1. The summed E-state index contributed by atoms with van der Waals surface area (Å²) in [5.74, 6) is -0.778. The molecular formula is C11H17NO3. The molecule has 0 aliphatic heterocycles. The molecule has 0 aromatic carbocycles. The van der Waals surface area contributed by atoms with Gasteiger partial charge in [-0.2, -0.15) is 0 Å². The first kappa shape index (κ1) is 13.4. The molecule has 0 aromatic rings. The zero-order valence-corrected chi connectivity index (χ0v) is 9.30. The van der Waals surface area contributed by atoms with Crippen molar-refractivity contribution in [1.29, 1.82) is 0 Å². The number of allylic oxidation sites excluding steroid dienone is 3. The van der Waals surface area contributed by atoms with Gasteiger partial charge < -0.3 is 10.0 Å². The van der Waals surface area contributed by atoms with Crippen molar-refractivity contribution in [2.45, 2.75) is 20.8 Å². The Kier molecular flexibility index (Phi) is 6.09. The van der Waals surface area contributed by atoms with Crippen molar-refractivity contribution < 1.29 is 14.7 Å². The van der Waals surface area contributed by atoms with Crippen LogP contribution in [0.4, 0.5) is 0 Å². The van der Waals surface area contributed by atoms with Crippen molar-refractivity contribution in [3.8, 4) is 0 Å². The molecule has 0 spiro atoms. The van der Waals surface area contributed by atoms with Gasteiger partial charge in [0.2, 0.25) is 6.41 Å². The predicted molar refractivity (Wildman–Crippen MR) is 58.1 cm³/mol. The number of hydrogen-bond acceptors (Lipinski definition) is 2. The summed E-state index contributed by atoms with van der Waals surface area (Å²) in [6, 6.07) is 0. The number of aliphatic carboxylic acids is 1. The van der Waals surface area contributed by atoms with Crippen LogP contribution in [0, 0.1) is 5.92 Å². The van der Waals surface area contributed by atoms with E-state index in [1.807, 2.05) is 32.9 Å². The molecule has 0 aromatic heterocycles. The zero-order valence-electron chi connectivity index (χ0n) is 9.30. The molecule has 0 heterocycles. The largest absolute Gasteiger partial charge is 0.480 e. The van der Waals surface area contributed by atoms with Crippen molar-refractivity contribution in [2.75, 3.05) is 6.54 Å². The lowest BCUT2D eigenvalue weighted by Crippen LogP contribution is -2.24. The third-order valence-electron chi connectivity index (χ3n) is 1.79. The first-order valence-corrected chi connectivity index (χ1v) is 4.78. The van der Waals surface area contributed by atoms with Crippen molar-refractivity contribution in [3.05, 3.63) is 23.9 Å². The van der Waals surface area contributed by atoms with Crippen LogP contribution in [-0.2, 0) is 9.59 Å². The Bertz CT molecular complexity index is 280. The molecule has 0 atom stereocenters. The summed E-state index contributed by atoms with van der Waals surface area (Å²) in [5.41, 5.74) is 0.922. The second-order valence-electron chi connectivity index (χ2n) is 3.46. The lowest BCUT2D eigenvalue weighted by Gasteiger charge is -2.13. The van der Waals surface area contributed by atoms with E-state index in [1.54, 1.807) is 6.20 Å². The van der Waals surface area contributed by atoms with Gasteiger partial charge in [-0.25, -0.2) is 0 Å². The summed E-state index contributed by atoms with van der Waals surface area (Å²) < 4.78 is 0. The second-order valence-corrected chi connectivity index (χ2v) is 3.46. The fourth-order valence-corrected chi connectivity index (χ4v) is 1.04. The summed E-state index contributed by atoms with van der Waals surface area (Å²) >= 11 is 0. The molecule has 4 nitrogen and oxygen atoms in total. The Morgan fingerprint density at radius 3 is 2.40 bits per heavy atom. The Hall–Kier alpha value is -1.58. The number of nitrogens with zero attached hydrogens (tertiary/aromatic N) is 1. The predicted octanol–water partition coefficient (Wildman–Crippen LogP) is 1.65. The van der Waals surface area contributed by atoms with E-state index < -0.39 is 5.97 Å². The summed E-state index contributed by atoms with van der Waals surface area (Å²) in [6.07, 6.45) is 5.80. The number of rotatable bonds is 6. The molecule has 1 N–H and O–H groups in total. The monoisotopic (exact) mass is 211 g/mol. The minimum absolute atomic E-state index is 0.248. The summed E-state index contributed by atoms with van der Waals surface area (Å²) in [5, 5.41) is 8.55. The van der Waals surface area contributed by atoms with E-state index in [0.717, 1.165) is 10.5 Å². The lowest BCUT2D eigenvalue weighted by atomic mass is 10.0. The maximum atomic E-state index is 10.6. The standard InChI is InChI=1S/C11H17NO3/c1-4-5-10(9(2)3)6-12(8-13)7-11(14)15/h4-6,8-9H,7H2,1-3H3,(H,14,15)/b5-4-,10-6+. The maximum Gasteiger partial charge on any atom is 0.323 e. The van der Waals surface area contributed by atoms with Gasteiger partial charge in [-0.1, -0.05) is 26.0 Å². The van der Waals surface area contributed by atoms with E-state index in [4.69, 9.17) is 5.11 Å². The van der Waals surface area contributed by atoms with Gasteiger partial charge in [0.25, 0.3) is 0 Å². The molecule has 0 fully saturated rings. The molecule has 0 aliphatic carbocycles. The zero-order chi connectivity index (χ0) is 11.8. The van der Waals surface area contributed by atoms with Crippen molar-refractivity contribution in [2.24, 2.45) is 5.92 Å². The molecule has 1 amide bonds. The molecule has 0 bridgehead atoms.